The molecule has 2 heterocycles. The number of hydrogen-bond acceptors (Lipinski definition) is 4. The first-order chi connectivity index (χ1) is 12.7. The highest BCUT2D eigenvalue weighted by atomic mass is 16.3. The molecular formula is C20H21N3O3. The molecule has 1 aromatic heterocycles. The van der Waals surface area contributed by atoms with Crippen molar-refractivity contribution in [1.29, 1.82) is 0 Å². The van der Waals surface area contributed by atoms with E-state index >= 15 is 0 Å². The summed E-state index contributed by atoms with van der Waals surface area (Å²) in [6.45, 7) is 1.84. The van der Waals surface area contributed by atoms with Crippen LogP contribution in [0.25, 0.3) is 21.9 Å². The van der Waals surface area contributed by atoms with Crippen LogP contribution in [0.3, 0.4) is 0 Å². The van der Waals surface area contributed by atoms with E-state index in [2.05, 4.69) is 21.6 Å². The van der Waals surface area contributed by atoms with E-state index in [-0.39, 0.29) is 18.2 Å². The normalized spacial score (nSPS) is 18.2. The molecule has 0 saturated carbocycles. The molecule has 0 unspecified atom stereocenters. The number of nitrogens with one attached hydrogen (secondary N) is 2. The first-order valence-corrected chi connectivity index (χ1v) is 8.79. The lowest BCUT2D eigenvalue weighted by Gasteiger charge is -2.34. The van der Waals surface area contributed by atoms with E-state index in [1.54, 1.807) is 7.05 Å². The van der Waals surface area contributed by atoms with Gasteiger partial charge < -0.3 is 15.1 Å². The van der Waals surface area contributed by atoms with Gasteiger partial charge in [0.15, 0.2) is 0 Å². The Hall–Kier alpha value is -2.86. The molecule has 2 aromatic carbocycles. The Balaban J connectivity index is 1.69. The van der Waals surface area contributed by atoms with Crippen molar-refractivity contribution in [3.8, 4) is 0 Å². The predicted octanol–water partition coefficient (Wildman–Crippen LogP) is 2.02. The minimum absolute atomic E-state index is 0.100. The first kappa shape index (κ1) is 16.6. The fourth-order valence-corrected chi connectivity index (χ4v) is 3.60. The lowest BCUT2D eigenvalue weighted by molar-refractivity contribution is -0.134. The van der Waals surface area contributed by atoms with Gasteiger partial charge in [0.2, 0.25) is 11.8 Å². The second-order valence-electron chi connectivity index (χ2n) is 6.55. The molecule has 1 saturated heterocycles. The summed E-state index contributed by atoms with van der Waals surface area (Å²) >= 11 is 0. The summed E-state index contributed by atoms with van der Waals surface area (Å²) < 4.78 is 6.08. The largest absolute Gasteiger partial charge is 0.456 e. The average Bonchev–Trinajstić information content (AvgIpc) is 3.04. The summed E-state index contributed by atoms with van der Waals surface area (Å²) in [5, 5.41) is 7.61. The molecule has 134 valence electrons. The van der Waals surface area contributed by atoms with Gasteiger partial charge in [-0.3, -0.25) is 14.5 Å². The van der Waals surface area contributed by atoms with E-state index in [4.69, 9.17) is 4.42 Å². The maximum atomic E-state index is 12.3. The Morgan fingerprint density at radius 2 is 2.04 bits per heavy atom. The highest BCUT2D eigenvalue weighted by Gasteiger charge is 2.31. The zero-order valence-electron chi connectivity index (χ0n) is 14.6. The van der Waals surface area contributed by atoms with Crippen LogP contribution < -0.4 is 10.6 Å². The van der Waals surface area contributed by atoms with Gasteiger partial charge in [0.05, 0.1) is 12.5 Å². The smallest absolute Gasteiger partial charge is 0.237 e. The van der Waals surface area contributed by atoms with Crippen molar-refractivity contribution in [2.24, 2.45) is 0 Å². The molecule has 1 fully saturated rings. The summed E-state index contributed by atoms with van der Waals surface area (Å²) in [6, 6.07) is 13.6. The van der Waals surface area contributed by atoms with Gasteiger partial charge in [0, 0.05) is 43.0 Å². The fourth-order valence-electron chi connectivity index (χ4n) is 3.60. The van der Waals surface area contributed by atoms with Gasteiger partial charge in [-0.25, -0.2) is 0 Å². The standard InChI is InChI=1S/C20H21N3O3/c1-21-18(24)11-16-20(25)22-9-10-23(16)12-13-5-4-7-15-14-6-2-3-8-17(14)26-19(13)15/h2-8,16H,9-12H2,1H3,(H,21,24)(H,22,25)/t16-/m1/s1. The molecule has 2 amide bonds. The third kappa shape index (κ3) is 2.93. The van der Waals surface area contributed by atoms with Crippen molar-refractivity contribution < 1.29 is 14.0 Å². The molecule has 1 aliphatic heterocycles. The summed E-state index contributed by atoms with van der Waals surface area (Å²) in [5.41, 5.74) is 2.72. The number of nitrogens with zero attached hydrogens (tertiary/aromatic N) is 1. The zero-order valence-corrected chi connectivity index (χ0v) is 14.6. The maximum Gasteiger partial charge on any atom is 0.237 e. The number of para-hydroxylation sites is 2. The van der Waals surface area contributed by atoms with Gasteiger partial charge in [0.25, 0.3) is 0 Å². The molecule has 4 rings (SSSR count). The molecule has 0 spiro atoms. The molecular weight excluding hydrogens is 330 g/mol. The highest BCUT2D eigenvalue weighted by Crippen LogP contribution is 2.31. The Kier molecular flexibility index (Phi) is 4.34. The first-order valence-electron chi connectivity index (χ1n) is 8.79. The van der Waals surface area contributed by atoms with Crippen molar-refractivity contribution in [3.05, 3.63) is 48.0 Å². The molecule has 0 bridgehead atoms. The van der Waals surface area contributed by atoms with Crippen LogP contribution in [0.1, 0.15) is 12.0 Å². The molecule has 1 atom stereocenters. The number of rotatable bonds is 4. The third-order valence-corrected chi connectivity index (χ3v) is 4.96. The maximum absolute atomic E-state index is 12.3. The van der Waals surface area contributed by atoms with E-state index in [0.29, 0.717) is 19.6 Å². The second kappa shape index (κ2) is 6.80. The predicted molar refractivity (Wildman–Crippen MR) is 99.6 cm³/mol. The molecule has 6 nitrogen and oxygen atoms in total. The van der Waals surface area contributed by atoms with Crippen molar-refractivity contribution in [2.75, 3.05) is 20.1 Å². The Labute approximate surface area is 151 Å². The van der Waals surface area contributed by atoms with Crippen LogP contribution in [0.5, 0.6) is 0 Å². The lowest BCUT2D eigenvalue weighted by atomic mass is 10.0. The van der Waals surface area contributed by atoms with E-state index in [1.807, 2.05) is 36.4 Å². The quantitative estimate of drug-likeness (QED) is 0.754. The third-order valence-electron chi connectivity index (χ3n) is 4.96. The van der Waals surface area contributed by atoms with Gasteiger partial charge in [-0.2, -0.15) is 0 Å². The lowest BCUT2D eigenvalue weighted by Crippen LogP contribution is -2.56. The highest BCUT2D eigenvalue weighted by molar-refractivity contribution is 6.05. The minimum atomic E-state index is -0.469. The summed E-state index contributed by atoms with van der Waals surface area (Å²) in [5.74, 6) is -0.240. The van der Waals surface area contributed by atoms with Gasteiger partial charge >= 0.3 is 0 Å². The van der Waals surface area contributed by atoms with Crippen LogP contribution in [0.15, 0.2) is 46.9 Å². The second-order valence-corrected chi connectivity index (χ2v) is 6.55. The van der Waals surface area contributed by atoms with Gasteiger partial charge in [-0.15, -0.1) is 0 Å². The number of piperazine rings is 1. The van der Waals surface area contributed by atoms with E-state index in [1.165, 1.54) is 0 Å². The minimum Gasteiger partial charge on any atom is -0.456 e. The fraction of sp³-hybridized carbons (Fsp3) is 0.300. The van der Waals surface area contributed by atoms with Crippen molar-refractivity contribution in [1.82, 2.24) is 15.5 Å². The monoisotopic (exact) mass is 351 g/mol. The summed E-state index contributed by atoms with van der Waals surface area (Å²) in [4.78, 5) is 26.2. The van der Waals surface area contributed by atoms with Crippen LogP contribution in [0.2, 0.25) is 0 Å². The number of carbonyl (C=O) groups excluding carboxylic acids is 2. The average molecular weight is 351 g/mol. The molecule has 26 heavy (non-hydrogen) atoms. The topological polar surface area (TPSA) is 74.6 Å². The number of furan rings is 1. The van der Waals surface area contributed by atoms with Gasteiger partial charge in [-0.1, -0.05) is 36.4 Å². The molecule has 6 heteroatoms. The number of carbonyl (C=O) groups is 2. The van der Waals surface area contributed by atoms with Crippen molar-refractivity contribution >= 4 is 33.8 Å². The number of amides is 2. The Morgan fingerprint density at radius 1 is 1.23 bits per heavy atom. The van der Waals surface area contributed by atoms with E-state index in [9.17, 15) is 9.59 Å². The Bertz CT molecular complexity index is 979. The van der Waals surface area contributed by atoms with Gasteiger partial charge in [0.1, 0.15) is 11.2 Å². The van der Waals surface area contributed by atoms with Crippen LogP contribution in [-0.2, 0) is 16.1 Å². The molecule has 3 aromatic rings. The zero-order chi connectivity index (χ0) is 18.1. The van der Waals surface area contributed by atoms with Crippen LogP contribution in [0, 0.1) is 0 Å². The summed E-state index contributed by atoms with van der Waals surface area (Å²) in [6.07, 6.45) is 0.151. The Morgan fingerprint density at radius 3 is 2.88 bits per heavy atom. The number of benzene rings is 2. The SMILES string of the molecule is CNC(=O)C[C@@H]1C(=O)NCCN1Cc1cccc2c1oc1ccccc12. The van der Waals surface area contributed by atoms with E-state index < -0.39 is 6.04 Å². The molecule has 1 aliphatic rings. The van der Waals surface area contributed by atoms with Crippen LogP contribution >= 0.6 is 0 Å². The number of fused-ring (bicyclic) bond motifs is 3. The van der Waals surface area contributed by atoms with E-state index in [0.717, 1.165) is 27.5 Å². The van der Waals surface area contributed by atoms with Crippen molar-refractivity contribution in [2.45, 2.75) is 19.0 Å². The molecule has 0 radical (unpaired) electrons. The molecule has 2 N–H and O–H groups in total. The summed E-state index contributed by atoms with van der Waals surface area (Å²) in [7, 11) is 1.59. The van der Waals surface area contributed by atoms with Crippen LogP contribution in [-0.4, -0.2) is 42.9 Å². The number of hydrogen-bond donors (Lipinski definition) is 2. The van der Waals surface area contributed by atoms with Crippen molar-refractivity contribution in [3.63, 3.8) is 0 Å². The van der Waals surface area contributed by atoms with Crippen LogP contribution in [0.4, 0.5) is 0 Å². The molecule has 0 aliphatic carbocycles. The van der Waals surface area contributed by atoms with Gasteiger partial charge in [-0.05, 0) is 6.07 Å².